The maximum Gasteiger partial charge on any atom is 0.415 e. The number of hydrogen-bond donors (Lipinski definition) is 0. The fourth-order valence-corrected chi connectivity index (χ4v) is 4.15. The quantitative estimate of drug-likeness (QED) is 0.560. The van der Waals surface area contributed by atoms with Crippen molar-refractivity contribution in [3.63, 3.8) is 0 Å². The van der Waals surface area contributed by atoms with Crippen LogP contribution in [0.2, 0.25) is 0 Å². The first-order chi connectivity index (χ1) is 15.0. The predicted molar refractivity (Wildman–Crippen MR) is 114 cm³/mol. The number of pyridine rings is 1. The van der Waals surface area contributed by atoms with Crippen molar-refractivity contribution in [1.82, 2.24) is 19.7 Å². The summed E-state index contributed by atoms with van der Waals surface area (Å²) >= 11 is 0. The lowest BCUT2D eigenvalue weighted by Gasteiger charge is -2.37. The van der Waals surface area contributed by atoms with Crippen LogP contribution in [0.1, 0.15) is 35.6 Å². The van der Waals surface area contributed by atoms with E-state index in [4.69, 9.17) is 4.74 Å². The average molecular weight is 446 g/mol. The van der Waals surface area contributed by atoms with Gasteiger partial charge in [0.2, 0.25) is 0 Å². The van der Waals surface area contributed by atoms with Crippen LogP contribution in [0.15, 0.2) is 30.5 Å². The maximum atomic E-state index is 13.2. The summed E-state index contributed by atoms with van der Waals surface area (Å²) in [6, 6.07) is 7.43. The van der Waals surface area contributed by atoms with E-state index in [0.717, 1.165) is 27.8 Å². The number of ketones is 1. The van der Waals surface area contributed by atoms with E-state index < -0.39 is 18.4 Å². The Bertz CT molecular complexity index is 1170. The average Bonchev–Trinajstić information content (AvgIpc) is 3.04. The van der Waals surface area contributed by atoms with Gasteiger partial charge in [-0.05, 0) is 37.1 Å². The summed E-state index contributed by atoms with van der Waals surface area (Å²) in [7, 11) is 1.85. The van der Waals surface area contributed by atoms with Gasteiger partial charge < -0.3 is 4.74 Å². The van der Waals surface area contributed by atoms with E-state index in [1.165, 1.54) is 6.92 Å². The van der Waals surface area contributed by atoms with Crippen LogP contribution in [0, 0.1) is 6.92 Å². The Kier molecular flexibility index (Phi) is 5.81. The zero-order valence-corrected chi connectivity index (χ0v) is 18.4. The first-order valence-electron chi connectivity index (χ1n) is 10.4. The Morgan fingerprint density at radius 3 is 2.59 bits per heavy atom. The molecule has 1 fully saturated rings. The van der Waals surface area contributed by atoms with Gasteiger partial charge in [-0.2, -0.15) is 18.3 Å². The minimum Gasteiger partial charge on any atom is -0.363 e. The normalized spacial score (nSPS) is 20.1. The number of Topliss-reactive ketones (excluding diaryl/α,β-unsaturated/α-hetero) is 1. The van der Waals surface area contributed by atoms with Crippen molar-refractivity contribution in [2.75, 3.05) is 13.1 Å². The molecule has 1 aliphatic rings. The fourth-order valence-electron chi connectivity index (χ4n) is 4.15. The summed E-state index contributed by atoms with van der Waals surface area (Å²) < 4.78 is 46.4. The van der Waals surface area contributed by atoms with E-state index in [9.17, 15) is 18.0 Å². The number of carbonyl (C=O) groups is 1. The summed E-state index contributed by atoms with van der Waals surface area (Å²) in [5.41, 5.74) is 4.51. The third kappa shape index (κ3) is 4.40. The summed E-state index contributed by atoms with van der Waals surface area (Å²) in [4.78, 5) is 18.4. The summed E-state index contributed by atoms with van der Waals surface area (Å²) in [6.45, 7) is 5.59. The molecule has 0 unspecified atom stereocenters. The molecule has 170 valence electrons. The number of aromatic nitrogens is 3. The summed E-state index contributed by atoms with van der Waals surface area (Å²) in [5, 5.41) is 5.16. The summed E-state index contributed by atoms with van der Waals surface area (Å²) in [6.07, 6.45) is -4.95. The number of nitrogens with zero attached hydrogens (tertiary/aromatic N) is 4. The van der Waals surface area contributed by atoms with Gasteiger partial charge in [-0.3, -0.25) is 14.4 Å². The molecular formula is C23H25F3N4O2. The van der Waals surface area contributed by atoms with E-state index in [1.807, 2.05) is 32.2 Å². The molecule has 4 rings (SSSR count). The van der Waals surface area contributed by atoms with Crippen LogP contribution < -0.4 is 0 Å². The number of alkyl halides is 3. The molecule has 32 heavy (non-hydrogen) atoms. The van der Waals surface area contributed by atoms with Gasteiger partial charge in [0.15, 0.2) is 11.9 Å². The van der Waals surface area contributed by atoms with Crippen LogP contribution in [0.25, 0.3) is 22.0 Å². The highest BCUT2D eigenvalue weighted by Crippen LogP contribution is 2.32. The largest absolute Gasteiger partial charge is 0.415 e. The minimum absolute atomic E-state index is 0.157. The van der Waals surface area contributed by atoms with Crippen molar-refractivity contribution in [3.8, 4) is 11.1 Å². The van der Waals surface area contributed by atoms with Crippen molar-refractivity contribution in [2.24, 2.45) is 7.05 Å². The Morgan fingerprint density at radius 2 is 1.97 bits per heavy atom. The second-order valence-corrected chi connectivity index (χ2v) is 8.40. The van der Waals surface area contributed by atoms with E-state index >= 15 is 0 Å². The predicted octanol–water partition coefficient (Wildman–Crippen LogP) is 4.30. The van der Waals surface area contributed by atoms with E-state index in [-0.39, 0.29) is 12.3 Å². The highest BCUT2D eigenvalue weighted by molar-refractivity contribution is 6.01. The lowest BCUT2D eigenvalue weighted by molar-refractivity contribution is -0.252. The third-order valence-electron chi connectivity index (χ3n) is 5.87. The van der Waals surface area contributed by atoms with Crippen LogP contribution >= 0.6 is 0 Å². The minimum atomic E-state index is -4.40. The molecule has 1 aromatic carbocycles. The van der Waals surface area contributed by atoms with Gasteiger partial charge in [0, 0.05) is 50.2 Å². The molecule has 0 aliphatic carbocycles. The number of hydrogen-bond acceptors (Lipinski definition) is 5. The Labute approximate surface area is 184 Å². The third-order valence-corrected chi connectivity index (χ3v) is 5.87. The van der Waals surface area contributed by atoms with Crippen LogP contribution in [-0.4, -0.2) is 56.9 Å². The van der Waals surface area contributed by atoms with Crippen LogP contribution in [0.3, 0.4) is 0 Å². The van der Waals surface area contributed by atoms with E-state index in [2.05, 4.69) is 10.1 Å². The molecule has 0 bridgehead atoms. The molecule has 0 saturated carbocycles. The first kappa shape index (κ1) is 22.4. The van der Waals surface area contributed by atoms with Gasteiger partial charge in [-0.15, -0.1) is 0 Å². The molecular weight excluding hydrogens is 421 g/mol. The molecule has 0 amide bonds. The molecule has 3 heterocycles. The molecule has 2 atom stereocenters. The maximum absolute atomic E-state index is 13.2. The summed E-state index contributed by atoms with van der Waals surface area (Å²) in [5.74, 6) is -0.157. The van der Waals surface area contributed by atoms with Gasteiger partial charge in [0.05, 0.1) is 17.8 Å². The molecule has 1 saturated heterocycles. The van der Waals surface area contributed by atoms with Gasteiger partial charge in [-0.1, -0.05) is 12.1 Å². The van der Waals surface area contributed by atoms with Gasteiger partial charge >= 0.3 is 6.18 Å². The molecule has 9 heteroatoms. The van der Waals surface area contributed by atoms with Crippen molar-refractivity contribution in [2.45, 2.75) is 45.7 Å². The standard InChI is InChI=1S/C23H25F3N4O2/c1-13-10-30(12-22(32-13)23(24,25)26)11-16-5-6-17-18(19-9-27-29(4)14(19)2)8-20(15(3)31)28-21(17)7-16/h5-9,13,22H,10-12H2,1-4H3/t13-,22-/m1/s1. The first-order valence-corrected chi connectivity index (χ1v) is 10.4. The molecule has 2 aromatic heterocycles. The number of halogens is 3. The fraction of sp³-hybridized carbons (Fsp3) is 0.435. The molecule has 6 nitrogen and oxygen atoms in total. The molecule has 0 radical (unpaired) electrons. The highest BCUT2D eigenvalue weighted by atomic mass is 19.4. The molecule has 3 aromatic rings. The van der Waals surface area contributed by atoms with Gasteiger partial charge in [0.1, 0.15) is 5.69 Å². The van der Waals surface area contributed by atoms with Gasteiger partial charge in [-0.25, -0.2) is 4.98 Å². The van der Waals surface area contributed by atoms with E-state index in [0.29, 0.717) is 24.3 Å². The second-order valence-electron chi connectivity index (χ2n) is 8.40. The Hall–Kier alpha value is -2.78. The number of aryl methyl sites for hydroxylation is 1. The molecule has 0 N–H and O–H groups in total. The molecule has 0 spiro atoms. The topological polar surface area (TPSA) is 60.2 Å². The number of morpholine rings is 1. The van der Waals surface area contributed by atoms with Crippen LogP contribution in [-0.2, 0) is 18.3 Å². The van der Waals surface area contributed by atoms with Crippen molar-refractivity contribution in [1.29, 1.82) is 0 Å². The zero-order chi connectivity index (χ0) is 23.2. The number of fused-ring (bicyclic) bond motifs is 1. The van der Waals surface area contributed by atoms with Gasteiger partial charge in [0.25, 0.3) is 0 Å². The number of benzene rings is 1. The van der Waals surface area contributed by atoms with Crippen LogP contribution in [0.4, 0.5) is 13.2 Å². The van der Waals surface area contributed by atoms with Crippen molar-refractivity contribution < 1.29 is 22.7 Å². The highest BCUT2D eigenvalue weighted by Gasteiger charge is 2.44. The smallest absolute Gasteiger partial charge is 0.363 e. The lowest BCUT2D eigenvalue weighted by Crippen LogP contribution is -2.51. The number of ether oxygens (including phenoxy) is 1. The monoisotopic (exact) mass is 446 g/mol. The van der Waals surface area contributed by atoms with Crippen LogP contribution in [0.5, 0.6) is 0 Å². The van der Waals surface area contributed by atoms with Crippen molar-refractivity contribution in [3.05, 3.63) is 47.4 Å². The Balaban J connectivity index is 1.71. The molecule has 1 aliphatic heterocycles. The number of carbonyl (C=O) groups excluding carboxylic acids is 1. The van der Waals surface area contributed by atoms with Crippen molar-refractivity contribution >= 4 is 16.7 Å². The lowest BCUT2D eigenvalue weighted by atomic mass is 9.98. The SMILES string of the molecule is CC(=O)c1cc(-c2cnn(C)c2C)c2ccc(CN3C[C@@H](C)O[C@@H](C(F)(F)F)C3)cc2n1. The number of rotatable bonds is 4. The Morgan fingerprint density at radius 1 is 1.22 bits per heavy atom. The van der Waals surface area contributed by atoms with E-state index in [1.54, 1.807) is 28.8 Å². The zero-order valence-electron chi connectivity index (χ0n) is 18.4. The second kappa shape index (κ2) is 8.29.